The number of ether oxygens (including phenoxy) is 1. The average molecular weight is 442 g/mol. The van der Waals surface area contributed by atoms with Crippen LogP contribution >= 0.6 is 24.0 Å². The van der Waals surface area contributed by atoms with Crippen molar-refractivity contribution in [3.8, 4) is 0 Å². The van der Waals surface area contributed by atoms with E-state index in [-0.39, 0.29) is 24.0 Å². The third-order valence-corrected chi connectivity index (χ3v) is 2.71. The molecule has 0 rings (SSSR count). The lowest BCUT2D eigenvalue weighted by Gasteiger charge is -2.20. The van der Waals surface area contributed by atoms with E-state index >= 15 is 0 Å². The number of nitrogens with zero attached hydrogens (tertiary/aromatic N) is 1. The minimum atomic E-state index is -0.470. The molecule has 6 nitrogen and oxygen atoms in total. The van der Waals surface area contributed by atoms with Crippen LogP contribution in [0.4, 0.5) is 4.79 Å². The number of hydrogen-bond acceptors (Lipinski definition) is 3. The predicted octanol–water partition coefficient (Wildman–Crippen LogP) is 3.12. The number of alkyl carbamates (subject to hydrolysis) is 1. The molecule has 0 aromatic carbocycles. The first-order chi connectivity index (χ1) is 10.0. The van der Waals surface area contributed by atoms with Crippen LogP contribution in [0.25, 0.3) is 0 Å². The Kier molecular flexibility index (Phi) is 12.5. The number of guanidine groups is 1. The molecule has 0 aromatic rings. The van der Waals surface area contributed by atoms with E-state index in [9.17, 15) is 4.79 Å². The summed E-state index contributed by atoms with van der Waals surface area (Å²) in [7, 11) is 1.74. The summed E-state index contributed by atoms with van der Waals surface area (Å²) in [6, 6.07) is 0. The van der Waals surface area contributed by atoms with E-state index in [2.05, 4.69) is 41.7 Å². The molecule has 23 heavy (non-hydrogen) atoms. The Morgan fingerprint density at radius 1 is 0.957 bits per heavy atom. The molecule has 3 N–H and O–H groups in total. The number of aliphatic imine (C=N–C) groups is 1. The van der Waals surface area contributed by atoms with Gasteiger partial charge in [0.15, 0.2) is 5.96 Å². The molecule has 0 aliphatic carbocycles. The van der Waals surface area contributed by atoms with Gasteiger partial charge in [-0.1, -0.05) is 20.8 Å². The monoisotopic (exact) mass is 442 g/mol. The summed E-state index contributed by atoms with van der Waals surface area (Å²) in [5.74, 6) is 0.750. The molecule has 0 saturated carbocycles. The average Bonchev–Trinajstić information content (AvgIpc) is 2.33. The molecule has 0 fully saturated rings. The highest BCUT2D eigenvalue weighted by molar-refractivity contribution is 14.0. The number of carbonyl (C=O) groups excluding carboxylic acids is 1. The minimum absolute atomic E-state index is 0. The molecular formula is C16H35IN4O2. The van der Waals surface area contributed by atoms with Crippen molar-refractivity contribution in [1.29, 1.82) is 0 Å². The van der Waals surface area contributed by atoms with Gasteiger partial charge in [0, 0.05) is 26.7 Å². The van der Waals surface area contributed by atoms with Crippen LogP contribution in [0, 0.1) is 5.41 Å². The first-order valence-electron chi connectivity index (χ1n) is 7.95. The molecule has 0 aliphatic rings. The fraction of sp³-hybridized carbons (Fsp3) is 0.875. The largest absolute Gasteiger partial charge is 0.444 e. The molecule has 0 aliphatic heterocycles. The van der Waals surface area contributed by atoms with E-state index in [0.717, 1.165) is 25.3 Å². The van der Waals surface area contributed by atoms with E-state index in [1.165, 1.54) is 0 Å². The maximum absolute atomic E-state index is 11.5. The summed E-state index contributed by atoms with van der Waals surface area (Å²) in [5.41, 5.74) is -0.113. The third kappa shape index (κ3) is 17.5. The van der Waals surface area contributed by atoms with E-state index < -0.39 is 11.7 Å². The summed E-state index contributed by atoms with van der Waals surface area (Å²) in [5, 5.41) is 9.12. The molecule has 1 amide bonds. The third-order valence-electron chi connectivity index (χ3n) is 2.71. The van der Waals surface area contributed by atoms with Crippen LogP contribution in [-0.4, -0.2) is 44.3 Å². The van der Waals surface area contributed by atoms with Gasteiger partial charge in [0.2, 0.25) is 0 Å². The van der Waals surface area contributed by atoms with Crippen molar-refractivity contribution in [3.05, 3.63) is 0 Å². The SMILES string of the molecule is CN=C(NCCCC(C)(C)C)NCCNC(=O)OC(C)(C)C.I. The van der Waals surface area contributed by atoms with Crippen LogP contribution in [0.1, 0.15) is 54.4 Å². The quantitative estimate of drug-likeness (QED) is 0.256. The van der Waals surface area contributed by atoms with Crippen molar-refractivity contribution in [3.63, 3.8) is 0 Å². The molecule has 0 unspecified atom stereocenters. The predicted molar refractivity (Wildman–Crippen MR) is 108 cm³/mol. The summed E-state index contributed by atoms with van der Waals surface area (Å²) < 4.78 is 5.16. The number of halogens is 1. The van der Waals surface area contributed by atoms with E-state index in [4.69, 9.17) is 4.74 Å². The van der Waals surface area contributed by atoms with Gasteiger partial charge in [-0.05, 0) is 39.0 Å². The first-order valence-corrected chi connectivity index (χ1v) is 7.95. The van der Waals surface area contributed by atoms with Crippen LogP contribution in [0.15, 0.2) is 4.99 Å². The van der Waals surface area contributed by atoms with Gasteiger partial charge >= 0.3 is 6.09 Å². The first kappa shape index (κ1) is 24.5. The second-order valence-electron chi connectivity index (χ2n) is 7.52. The zero-order valence-electron chi connectivity index (χ0n) is 15.7. The van der Waals surface area contributed by atoms with Crippen LogP contribution < -0.4 is 16.0 Å². The second-order valence-corrected chi connectivity index (χ2v) is 7.52. The zero-order valence-corrected chi connectivity index (χ0v) is 18.0. The molecule has 0 atom stereocenters. The summed E-state index contributed by atoms with van der Waals surface area (Å²) >= 11 is 0. The number of carbonyl (C=O) groups is 1. The van der Waals surface area contributed by atoms with Gasteiger partial charge in [-0.3, -0.25) is 4.99 Å². The van der Waals surface area contributed by atoms with Crippen LogP contribution in [-0.2, 0) is 4.74 Å². The Balaban J connectivity index is 0. The maximum atomic E-state index is 11.5. The number of rotatable bonds is 6. The van der Waals surface area contributed by atoms with E-state index in [1.807, 2.05) is 20.8 Å². The van der Waals surface area contributed by atoms with Gasteiger partial charge in [-0.15, -0.1) is 24.0 Å². The van der Waals surface area contributed by atoms with Gasteiger partial charge in [-0.2, -0.15) is 0 Å². The molecule has 0 heterocycles. The summed E-state index contributed by atoms with van der Waals surface area (Å²) in [4.78, 5) is 15.6. The Bertz CT molecular complexity index is 360. The smallest absolute Gasteiger partial charge is 0.407 e. The lowest BCUT2D eigenvalue weighted by Crippen LogP contribution is -2.42. The molecular weight excluding hydrogens is 407 g/mol. The van der Waals surface area contributed by atoms with E-state index in [1.54, 1.807) is 7.05 Å². The molecule has 0 aromatic heterocycles. The number of nitrogens with one attached hydrogen (secondary N) is 3. The topological polar surface area (TPSA) is 74.8 Å². The molecule has 0 spiro atoms. The number of hydrogen-bond donors (Lipinski definition) is 3. The minimum Gasteiger partial charge on any atom is -0.444 e. The van der Waals surface area contributed by atoms with Crippen molar-refractivity contribution >= 4 is 36.0 Å². The van der Waals surface area contributed by atoms with Gasteiger partial charge in [0.25, 0.3) is 0 Å². The standard InChI is InChI=1S/C16H34N4O2.HI/c1-15(2,3)9-8-10-18-13(17-7)19-11-12-20-14(21)22-16(4,5)6;/h8-12H2,1-7H3,(H,20,21)(H2,17,18,19);1H. The van der Waals surface area contributed by atoms with Gasteiger partial charge in [0.05, 0.1) is 0 Å². The highest BCUT2D eigenvalue weighted by Gasteiger charge is 2.15. The fourth-order valence-electron chi connectivity index (χ4n) is 1.71. The highest BCUT2D eigenvalue weighted by Crippen LogP contribution is 2.19. The Morgan fingerprint density at radius 2 is 1.48 bits per heavy atom. The van der Waals surface area contributed by atoms with Crippen LogP contribution in [0.2, 0.25) is 0 Å². The van der Waals surface area contributed by atoms with Crippen molar-refractivity contribution in [2.45, 2.75) is 60.0 Å². The van der Waals surface area contributed by atoms with Crippen molar-refractivity contribution in [2.75, 3.05) is 26.7 Å². The van der Waals surface area contributed by atoms with Crippen LogP contribution in [0.3, 0.4) is 0 Å². The normalized spacial score (nSPS) is 12.2. The maximum Gasteiger partial charge on any atom is 0.407 e. The lowest BCUT2D eigenvalue weighted by molar-refractivity contribution is 0.0529. The van der Waals surface area contributed by atoms with Crippen molar-refractivity contribution < 1.29 is 9.53 Å². The Hall–Kier alpha value is -0.730. The Labute approximate surface area is 158 Å². The van der Waals surface area contributed by atoms with Gasteiger partial charge < -0.3 is 20.7 Å². The molecule has 138 valence electrons. The lowest BCUT2D eigenvalue weighted by atomic mass is 9.91. The zero-order chi connectivity index (χ0) is 17.2. The summed E-state index contributed by atoms with van der Waals surface area (Å²) in [6.07, 6.45) is 1.86. The molecule has 0 saturated heterocycles. The fourth-order valence-corrected chi connectivity index (χ4v) is 1.71. The summed E-state index contributed by atoms with van der Waals surface area (Å²) in [6.45, 7) is 14.2. The van der Waals surface area contributed by atoms with Crippen LogP contribution in [0.5, 0.6) is 0 Å². The van der Waals surface area contributed by atoms with Crippen molar-refractivity contribution in [1.82, 2.24) is 16.0 Å². The van der Waals surface area contributed by atoms with Gasteiger partial charge in [0.1, 0.15) is 5.60 Å². The van der Waals surface area contributed by atoms with Crippen molar-refractivity contribution in [2.24, 2.45) is 10.4 Å². The highest BCUT2D eigenvalue weighted by atomic mass is 127. The Morgan fingerprint density at radius 3 is 1.96 bits per heavy atom. The second kappa shape index (κ2) is 11.8. The molecule has 0 bridgehead atoms. The van der Waals surface area contributed by atoms with Gasteiger partial charge in [-0.25, -0.2) is 4.79 Å². The number of amides is 1. The molecule has 7 heteroatoms. The van der Waals surface area contributed by atoms with E-state index in [0.29, 0.717) is 18.5 Å². The molecule has 0 radical (unpaired) electrons.